The summed E-state index contributed by atoms with van der Waals surface area (Å²) in [6.45, 7) is 3.12. The van der Waals surface area contributed by atoms with Crippen LogP contribution in [0.1, 0.15) is 37.7 Å². The first-order valence-electron chi connectivity index (χ1n) is 10.4. The maximum atomic E-state index is 12.7. The third-order valence-electron chi connectivity index (χ3n) is 5.88. The number of rotatable bonds is 7. The van der Waals surface area contributed by atoms with Gasteiger partial charge in [0.05, 0.1) is 5.92 Å². The number of nitrogens with zero attached hydrogens (tertiary/aromatic N) is 2. The van der Waals surface area contributed by atoms with Crippen LogP contribution in [0.2, 0.25) is 0 Å². The Labute approximate surface area is 174 Å². The van der Waals surface area contributed by atoms with Gasteiger partial charge < -0.3 is 15.1 Å². The van der Waals surface area contributed by atoms with Gasteiger partial charge in [-0.3, -0.25) is 14.4 Å². The first-order chi connectivity index (χ1) is 14.1. The van der Waals surface area contributed by atoms with Gasteiger partial charge in [0.15, 0.2) is 0 Å². The Morgan fingerprint density at radius 1 is 1.10 bits per heavy atom. The molecule has 3 heterocycles. The number of piperidine rings is 1. The van der Waals surface area contributed by atoms with E-state index in [4.69, 9.17) is 0 Å². The highest BCUT2D eigenvalue weighted by atomic mass is 32.1. The lowest BCUT2D eigenvalue weighted by Crippen LogP contribution is -2.46. The van der Waals surface area contributed by atoms with Crippen molar-refractivity contribution < 1.29 is 14.4 Å². The van der Waals surface area contributed by atoms with Crippen molar-refractivity contribution in [3.63, 3.8) is 0 Å². The Morgan fingerprint density at radius 3 is 2.76 bits per heavy atom. The van der Waals surface area contributed by atoms with Crippen LogP contribution in [-0.4, -0.2) is 53.7 Å². The SMILES string of the molecule is O=C(NCc1ccc2sccc2c1)[C@@H]1CCC(=O)N(CCCN2CCCC2=O)C1. The van der Waals surface area contributed by atoms with Crippen LogP contribution in [-0.2, 0) is 20.9 Å². The molecule has 3 amide bonds. The Hall–Kier alpha value is -2.41. The molecule has 2 saturated heterocycles. The van der Waals surface area contributed by atoms with E-state index in [-0.39, 0.29) is 23.6 Å². The van der Waals surface area contributed by atoms with Crippen molar-refractivity contribution in [2.75, 3.05) is 26.2 Å². The topological polar surface area (TPSA) is 69.7 Å². The Morgan fingerprint density at radius 2 is 1.93 bits per heavy atom. The lowest BCUT2D eigenvalue weighted by molar-refractivity contribution is -0.138. The van der Waals surface area contributed by atoms with Gasteiger partial charge in [0.25, 0.3) is 0 Å². The van der Waals surface area contributed by atoms with E-state index in [0.717, 1.165) is 24.9 Å². The molecule has 1 N–H and O–H groups in total. The van der Waals surface area contributed by atoms with Gasteiger partial charge in [-0.2, -0.15) is 0 Å². The molecule has 1 aromatic heterocycles. The molecule has 6 nitrogen and oxygen atoms in total. The van der Waals surface area contributed by atoms with Crippen LogP contribution < -0.4 is 5.32 Å². The van der Waals surface area contributed by atoms with E-state index in [0.29, 0.717) is 45.4 Å². The second-order valence-electron chi connectivity index (χ2n) is 7.92. The largest absolute Gasteiger partial charge is 0.352 e. The highest BCUT2D eigenvalue weighted by Crippen LogP contribution is 2.22. The molecule has 0 bridgehead atoms. The van der Waals surface area contributed by atoms with E-state index in [1.54, 1.807) is 16.2 Å². The highest BCUT2D eigenvalue weighted by molar-refractivity contribution is 7.17. The van der Waals surface area contributed by atoms with Crippen molar-refractivity contribution in [3.8, 4) is 0 Å². The summed E-state index contributed by atoms with van der Waals surface area (Å²) < 4.78 is 1.25. The minimum Gasteiger partial charge on any atom is -0.352 e. The lowest BCUT2D eigenvalue weighted by atomic mass is 9.96. The first-order valence-corrected chi connectivity index (χ1v) is 11.3. The van der Waals surface area contributed by atoms with Crippen LogP contribution in [0.5, 0.6) is 0 Å². The minimum absolute atomic E-state index is 0.0163. The standard InChI is InChI=1S/C22H27N3O3S/c26-20-3-1-9-24(20)10-2-11-25-15-18(5-7-21(25)27)22(28)23-14-16-4-6-19-17(13-16)8-12-29-19/h4,6,8,12-13,18H,1-3,5,7,9-11,14-15H2,(H,23,28)/t18-/m1/s1. The summed E-state index contributed by atoms with van der Waals surface area (Å²) in [4.78, 5) is 40.3. The predicted octanol–water partition coefficient (Wildman–Crippen LogP) is 2.77. The first kappa shape index (κ1) is 19.9. The molecule has 0 unspecified atom stereocenters. The number of likely N-dealkylation sites (tertiary alicyclic amines) is 2. The third kappa shape index (κ3) is 4.78. The number of thiophene rings is 1. The van der Waals surface area contributed by atoms with Crippen LogP contribution in [0.3, 0.4) is 0 Å². The predicted molar refractivity (Wildman–Crippen MR) is 113 cm³/mol. The molecule has 2 aliphatic rings. The summed E-state index contributed by atoms with van der Waals surface area (Å²) in [7, 11) is 0. The number of carbonyl (C=O) groups excluding carboxylic acids is 3. The fourth-order valence-corrected chi connectivity index (χ4v) is 4.97. The maximum absolute atomic E-state index is 12.7. The van der Waals surface area contributed by atoms with Gasteiger partial charge in [0, 0.05) is 50.3 Å². The smallest absolute Gasteiger partial charge is 0.225 e. The van der Waals surface area contributed by atoms with E-state index in [1.165, 1.54) is 10.1 Å². The number of hydrogen-bond donors (Lipinski definition) is 1. The molecular formula is C22H27N3O3S. The van der Waals surface area contributed by atoms with Gasteiger partial charge in [0.1, 0.15) is 0 Å². The van der Waals surface area contributed by atoms with E-state index in [9.17, 15) is 14.4 Å². The van der Waals surface area contributed by atoms with Gasteiger partial charge in [-0.25, -0.2) is 0 Å². The zero-order valence-electron chi connectivity index (χ0n) is 16.6. The molecule has 2 aliphatic heterocycles. The molecule has 0 saturated carbocycles. The quantitative estimate of drug-likeness (QED) is 0.759. The van der Waals surface area contributed by atoms with E-state index < -0.39 is 0 Å². The van der Waals surface area contributed by atoms with E-state index in [2.05, 4.69) is 35.0 Å². The Balaban J connectivity index is 1.25. The molecule has 0 spiro atoms. The van der Waals surface area contributed by atoms with Crippen LogP contribution in [0.4, 0.5) is 0 Å². The van der Waals surface area contributed by atoms with Gasteiger partial charge in [-0.15, -0.1) is 11.3 Å². The lowest BCUT2D eigenvalue weighted by Gasteiger charge is -2.32. The zero-order valence-corrected chi connectivity index (χ0v) is 17.4. The number of hydrogen-bond acceptors (Lipinski definition) is 4. The van der Waals surface area contributed by atoms with Gasteiger partial charge in [0.2, 0.25) is 17.7 Å². The van der Waals surface area contributed by atoms with Crippen molar-refractivity contribution in [2.45, 2.75) is 38.6 Å². The highest BCUT2D eigenvalue weighted by Gasteiger charge is 2.30. The number of nitrogens with one attached hydrogen (secondary N) is 1. The molecule has 1 atom stereocenters. The summed E-state index contributed by atoms with van der Waals surface area (Å²) in [5, 5.41) is 6.31. The molecule has 1 aromatic carbocycles. The van der Waals surface area contributed by atoms with Gasteiger partial charge in [-0.05, 0) is 53.8 Å². The average molecular weight is 414 g/mol. The monoisotopic (exact) mass is 413 g/mol. The molecular weight excluding hydrogens is 386 g/mol. The summed E-state index contributed by atoms with van der Waals surface area (Å²) in [6, 6.07) is 8.34. The maximum Gasteiger partial charge on any atom is 0.225 e. The Kier molecular flexibility index (Phi) is 6.13. The molecule has 4 rings (SSSR count). The number of fused-ring (bicyclic) bond motifs is 1. The van der Waals surface area contributed by atoms with E-state index >= 15 is 0 Å². The molecule has 7 heteroatoms. The second kappa shape index (κ2) is 8.95. The fraction of sp³-hybridized carbons (Fsp3) is 0.500. The molecule has 0 aliphatic carbocycles. The summed E-state index contributed by atoms with van der Waals surface area (Å²) in [6.07, 6.45) is 3.37. The molecule has 2 fully saturated rings. The van der Waals surface area contributed by atoms with Gasteiger partial charge >= 0.3 is 0 Å². The summed E-state index contributed by atoms with van der Waals surface area (Å²) >= 11 is 1.71. The van der Waals surface area contributed by atoms with Crippen LogP contribution in [0.25, 0.3) is 10.1 Å². The Bertz CT molecular complexity index is 910. The van der Waals surface area contributed by atoms with Crippen LogP contribution >= 0.6 is 11.3 Å². The number of carbonyl (C=O) groups is 3. The summed E-state index contributed by atoms with van der Waals surface area (Å²) in [5.74, 6) is 0.186. The van der Waals surface area contributed by atoms with Crippen molar-refractivity contribution >= 4 is 39.1 Å². The molecule has 2 aromatic rings. The zero-order chi connectivity index (χ0) is 20.2. The van der Waals surface area contributed by atoms with E-state index in [1.807, 2.05) is 4.90 Å². The normalized spacial score (nSPS) is 19.9. The van der Waals surface area contributed by atoms with Crippen molar-refractivity contribution in [3.05, 3.63) is 35.2 Å². The van der Waals surface area contributed by atoms with Crippen LogP contribution in [0.15, 0.2) is 29.6 Å². The fourth-order valence-electron chi connectivity index (χ4n) is 4.20. The summed E-state index contributed by atoms with van der Waals surface area (Å²) in [5.41, 5.74) is 1.09. The second-order valence-corrected chi connectivity index (χ2v) is 8.87. The van der Waals surface area contributed by atoms with Crippen molar-refractivity contribution in [1.82, 2.24) is 15.1 Å². The third-order valence-corrected chi connectivity index (χ3v) is 6.78. The molecule has 29 heavy (non-hydrogen) atoms. The molecule has 0 radical (unpaired) electrons. The van der Waals surface area contributed by atoms with Crippen molar-refractivity contribution in [2.24, 2.45) is 5.92 Å². The average Bonchev–Trinajstić information content (AvgIpc) is 3.36. The number of benzene rings is 1. The van der Waals surface area contributed by atoms with Crippen molar-refractivity contribution in [1.29, 1.82) is 0 Å². The van der Waals surface area contributed by atoms with Gasteiger partial charge in [-0.1, -0.05) is 6.07 Å². The van der Waals surface area contributed by atoms with Crippen LogP contribution in [0, 0.1) is 5.92 Å². The minimum atomic E-state index is -0.161. The number of amides is 3. The molecule has 154 valence electrons.